The molecule has 1 rings (SSSR count). The van der Waals surface area contributed by atoms with Crippen LogP contribution in [0.2, 0.25) is 0 Å². The fourth-order valence-corrected chi connectivity index (χ4v) is 2.37. The van der Waals surface area contributed by atoms with Crippen molar-refractivity contribution in [1.29, 1.82) is 0 Å². The number of ketones is 1. The Morgan fingerprint density at radius 3 is 2.33 bits per heavy atom. The van der Waals surface area contributed by atoms with Crippen LogP contribution >= 0.6 is 0 Å². The Morgan fingerprint density at radius 2 is 1.95 bits per heavy atom. The molecule has 0 radical (unpaired) electrons. The van der Waals surface area contributed by atoms with Gasteiger partial charge in [0.05, 0.1) is 12.0 Å². The number of aliphatic hydroxyl groups excluding tert-OH is 1. The molecule has 0 aromatic heterocycles. The highest BCUT2D eigenvalue weighted by Crippen LogP contribution is 2.39. The largest absolute Gasteiger partial charge is 0.444 e. The van der Waals surface area contributed by atoms with Gasteiger partial charge in [-0.1, -0.05) is 25.7 Å². The third-order valence-electron chi connectivity index (χ3n) is 3.42. The minimum absolute atomic E-state index is 0.0345. The molecule has 0 atom stereocenters. The van der Waals surface area contributed by atoms with Crippen molar-refractivity contribution < 1.29 is 19.4 Å². The fourth-order valence-electron chi connectivity index (χ4n) is 2.37. The lowest BCUT2D eigenvalue weighted by atomic mass is 9.72. The molecule has 1 amide bonds. The zero-order valence-electron chi connectivity index (χ0n) is 13.3. The van der Waals surface area contributed by atoms with Crippen LogP contribution in [0.15, 0.2) is 24.3 Å². The molecule has 0 aromatic rings. The number of nitrogens with zero attached hydrogens (tertiary/aromatic N) is 1. The van der Waals surface area contributed by atoms with Gasteiger partial charge in [0, 0.05) is 25.1 Å². The van der Waals surface area contributed by atoms with E-state index in [0.29, 0.717) is 12.0 Å². The Bertz CT molecular complexity index is 453. The number of Topliss-reactive ketones (excluding diaryl/α,β-unsaturated/α-hetero) is 1. The summed E-state index contributed by atoms with van der Waals surface area (Å²) in [6.45, 7) is 11.2. The van der Waals surface area contributed by atoms with Crippen LogP contribution in [-0.4, -0.2) is 47.2 Å². The molecule has 118 valence electrons. The number of hydrogen-bond donors (Lipinski definition) is 1. The lowest BCUT2D eigenvalue weighted by Crippen LogP contribution is -2.62. The molecular formula is C16H25NO4. The second-order valence-corrected chi connectivity index (χ2v) is 6.37. The molecule has 5 heteroatoms. The number of carbonyl (C=O) groups excluding carboxylic acids is 2. The molecular weight excluding hydrogens is 270 g/mol. The number of ether oxygens (including phenoxy) is 1. The summed E-state index contributed by atoms with van der Waals surface area (Å²) in [7, 11) is 0. The summed E-state index contributed by atoms with van der Waals surface area (Å²) in [5, 5.41) is 9.70. The number of likely N-dealkylation sites (tertiary alicyclic amines) is 1. The Morgan fingerprint density at radius 1 is 1.38 bits per heavy atom. The first kappa shape index (κ1) is 17.4. The van der Waals surface area contributed by atoms with Crippen molar-refractivity contribution in [2.75, 3.05) is 19.7 Å². The van der Waals surface area contributed by atoms with Crippen molar-refractivity contribution in [3.63, 3.8) is 0 Å². The normalized spacial score (nSPS) is 18.0. The summed E-state index contributed by atoms with van der Waals surface area (Å²) in [6, 6.07) is 0. The highest BCUT2D eigenvalue weighted by Gasteiger charge is 2.50. The smallest absolute Gasteiger partial charge is 0.410 e. The molecule has 0 saturated carbocycles. The van der Waals surface area contributed by atoms with Gasteiger partial charge in [0.2, 0.25) is 0 Å². The van der Waals surface area contributed by atoms with E-state index in [0.717, 1.165) is 0 Å². The number of allylic oxidation sites excluding steroid dienone is 2. The predicted octanol–water partition coefficient (Wildman–Crippen LogP) is 2.31. The standard InChI is InChI=1S/C16H25NO4/c1-6-8-12(13(19)7-2)16(11-18)9-17(10-16)14(20)21-15(3,4)5/h6,8,18H,1,7,9-11H2,2-5H3/b12-8+. The molecule has 1 N–H and O–H groups in total. The van der Waals surface area contributed by atoms with E-state index < -0.39 is 17.1 Å². The third-order valence-corrected chi connectivity index (χ3v) is 3.42. The van der Waals surface area contributed by atoms with Crippen LogP contribution in [-0.2, 0) is 9.53 Å². The molecule has 0 unspecified atom stereocenters. The van der Waals surface area contributed by atoms with Crippen LogP contribution in [0, 0.1) is 5.41 Å². The van der Waals surface area contributed by atoms with Crippen molar-refractivity contribution in [3.05, 3.63) is 24.3 Å². The quantitative estimate of drug-likeness (QED) is 0.624. The molecule has 0 bridgehead atoms. The maximum absolute atomic E-state index is 12.0. The Hall–Kier alpha value is -1.62. The van der Waals surface area contributed by atoms with E-state index in [4.69, 9.17) is 4.74 Å². The van der Waals surface area contributed by atoms with Gasteiger partial charge in [0.15, 0.2) is 5.78 Å². The highest BCUT2D eigenvalue weighted by molar-refractivity contribution is 5.97. The number of rotatable bonds is 5. The van der Waals surface area contributed by atoms with E-state index in [2.05, 4.69) is 6.58 Å². The van der Waals surface area contributed by atoms with Crippen LogP contribution in [0.1, 0.15) is 34.1 Å². The second-order valence-electron chi connectivity index (χ2n) is 6.37. The maximum atomic E-state index is 12.0. The SMILES string of the molecule is C=C/C=C(\C(=O)CC)C1(CO)CN(C(=O)OC(C)(C)C)C1. The summed E-state index contributed by atoms with van der Waals surface area (Å²) in [5.41, 5.74) is -0.728. The molecule has 21 heavy (non-hydrogen) atoms. The summed E-state index contributed by atoms with van der Waals surface area (Å²) >= 11 is 0. The first-order valence-electron chi connectivity index (χ1n) is 7.14. The zero-order chi connectivity index (χ0) is 16.3. The lowest BCUT2D eigenvalue weighted by Gasteiger charge is -2.49. The van der Waals surface area contributed by atoms with Crippen LogP contribution in [0.5, 0.6) is 0 Å². The summed E-state index contributed by atoms with van der Waals surface area (Å²) in [4.78, 5) is 25.5. The average Bonchev–Trinajstić information content (AvgIpc) is 2.33. The Kier molecular flexibility index (Phi) is 5.34. The maximum Gasteiger partial charge on any atom is 0.410 e. The molecule has 0 aliphatic carbocycles. The van der Waals surface area contributed by atoms with Crippen molar-refractivity contribution in [1.82, 2.24) is 4.90 Å². The Balaban J connectivity index is 2.84. The predicted molar refractivity (Wildman–Crippen MR) is 80.9 cm³/mol. The van der Waals surface area contributed by atoms with Gasteiger partial charge in [-0.05, 0) is 20.8 Å². The number of hydrogen-bond acceptors (Lipinski definition) is 4. The molecule has 1 aliphatic heterocycles. The minimum atomic E-state index is -0.696. The van der Waals surface area contributed by atoms with E-state index in [1.54, 1.807) is 33.8 Å². The number of carbonyl (C=O) groups is 2. The molecule has 1 aliphatic rings. The van der Waals surface area contributed by atoms with Gasteiger partial charge < -0.3 is 14.7 Å². The van der Waals surface area contributed by atoms with Crippen molar-refractivity contribution >= 4 is 11.9 Å². The average molecular weight is 295 g/mol. The highest BCUT2D eigenvalue weighted by atomic mass is 16.6. The van der Waals surface area contributed by atoms with Crippen LogP contribution in [0.3, 0.4) is 0 Å². The summed E-state index contributed by atoms with van der Waals surface area (Å²) in [6.07, 6.45) is 3.10. The van der Waals surface area contributed by atoms with Gasteiger partial charge in [-0.25, -0.2) is 4.79 Å². The zero-order valence-corrected chi connectivity index (χ0v) is 13.3. The van der Waals surface area contributed by atoms with Gasteiger partial charge in [-0.2, -0.15) is 0 Å². The van der Waals surface area contributed by atoms with E-state index >= 15 is 0 Å². The van der Waals surface area contributed by atoms with E-state index in [-0.39, 0.29) is 25.5 Å². The van der Waals surface area contributed by atoms with Gasteiger partial charge in [-0.3, -0.25) is 4.79 Å². The molecule has 1 fully saturated rings. The molecule has 0 spiro atoms. The first-order valence-corrected chi connectivity index (χ1v) is 7.14. The number of aliphatic hydroxyl groups is 1. The summed E-state index contributed by atoms with van der Waals surface area (Å²) < 4.78 is 5.29. The van der Waals surface area contributed by atoms with Crippen molar-refractivity contribution in [2.45, 2.75) is 39.7 Å². The lowest BCUT2D eigenvalue weighted by molar-refractivity contribution is -0.119. The van der Waals surface area contributed by atoms with Crippen LogP contribution in [0.4, 0.5) is 4.79 Å². The molecule has 1 heterocycles. The van der Waals surface area contributed by atoms with Gasteiger partial charge in [0.1, 0.15) is 5.60 Å². The first-order chi connectivity index (χ1) is 9.69. The van der Waals surface area contributed by atoms with Crippen LogP contribution in [0.25, 0.3) is 0 Å². The molecule has 5 nitrogen and oxygen atoms in total. The van der Waals surface area contributed by atoms with Crippen molar-refractivity contribution in [3.8, 4) is 0 Å². The van der Waals surface area contributed by atoms with Gasteiger partial charge in [-0.15, -0.1) is 0 Å². The van der Waals surface area contributed by atoms with E-state index in [1.165, 1.54) is 11.0 Å². The van der Waals surface area contributed by atoms with Gasteiger partial charge >= 0.3 is 6.09 Å². The van der Waals surface area contributed by atoms with E-state index in [9.17, 15) is 14.7 Å². The topological polar surface area (TPSA) is 66.8 Å². The molecule has 1 saturated heterocycles. The molecule has 0 aromatic carbocycles. The Labute approximate surface area is 126 Å². The monoisotopic (exact) mass is 295 g/mol. The third kappa shape index (κ3) is 3.94. The fraction of sp³-hybridized carbons (Fsp3) is 0.625. The summed E-state index contributed by atoms with van der Waals surface area (Å²) in [5.74, 6) is -0.0345. The van der Waals surface area contributed by atoms with Gasteiger partial charge in [0.25, 0.3) is 0 Å². The second kappa shape index (κ2) is 6.43. The minimum Gasteiger partial charge on any atom is -0.444 e. The van der Waals surface area contributed by atoms with Crippen LogP contribution < -0.4 is 0 Å². The van der Waals surface area contributed by atoms with Crippen molar-refractivity contribution in [2.24, 2.45) is 5.41 Å². The number of amides is 1. The van der Waals surface area contributed by atoms with E-state index in [1.807, 2.05) is 0 Å².